The van der Waals surface area contributed by atoms with Crippen molar-refractivity contribution in [3.63, 3.8) is 0 Å². The van der Waals surface area contributed by atoms with Crippen molar-refractivity contribution in [3.8, 4) is 0 Å². The van der Waals surface area contributed by atoms with Crippen LogP contribution in [-0.4, -0.2) is 59.4 Å². The van der Waals surface area contributed by atoms with Gasteiger partial charge in [-0.1, -0.05) is 0 Å². The third kappa shape index (κ3) is 2.71. The minimum atomic E-state index is -0.773. The van der Waals surface area contributed by atoms with Gasteiger partial charge in [-0.15, -0.1) is 0 Å². The molecule has 1 saturated carbocycles. The molecule has 0 aromatic rings. The molecule has 5 heteroatoms. The van der Waals surface area contributed by atoms with Crippen LogP contribution in [0.15, 0.2) is 0 Å². The Kier molecular flexibility index (Phi) is 3.77. The first kappa shape index (κ1) is 14.3. The van der Waals surface area contributed by atoms with Gasteiger partial charge in [0, 0.05) is 25.7 Å². The first-order valence-corrected chi connectivity index (χ1v) is 7.88. The summed E-state index contributed by atoms with van der Waals surface area (Å²) in [6.07, 6.45) is 4.95. The van der Waals surface area contributed by atoms with Crippen molar-refractivity contribution in [2.24, 2.45) is 5.92 Å². The summed E-state index contributed by atoms with van der Waals surface area (Å²) in [5.41, 5.74) is -0.773. The average Bonchev–Trinajstić information content (AvgIpc) is 3.14. The largest absolute Gasteiger partial charge is 0.480 e. The van der Waals surface area contributed by atoms with Crippen molar-refractivity contribution in [1.29, 1.82) is 0 Å². The Morgan fingerprint density at radius 2 is 1.90 bits per heavy atom. The SMILES string of the molecule is CC(C)NC(CN1CC2CCC(C1)O2)(C(=O)O)C1CC1. The summed E-state index contributed by atoms with van der Waals surface area (Å²) in [6, 6.07) is 0.185. The lowest BCUT2D eigenvalue weighted by atomic mass is 9.91. The van der Waals surface area contributed by atoms with Crippen LogP contribution in [-0.2, 0) is 9.53 Å². The van der Waals surface area contributed by atoms with Gasteiger partial charge in [-0.3, -0.25) is 15.0 Å². The number of hydrogen-bond acceptors (Lipinski definition) is 4. The van der Waals surface area contributed by atoms with Crippen LogP contribution >= 0.6 is 0 Å². The van der Waals surface area contributed by atoms with E-state index in [4.69, 9.17) is 4.74 Å². The van der Waals surface area contributed by atoms with Crippen molar-refractivity contribution < 1.29 is 14.6 Å². The Morgan fingerprint density at radius 3 is 2.35 bits per heavy atom. The van der Waals surface area contributed by atoms with Gasteiger partial charge < -0.3 is 9.84 Å². The molecule has 114 valence electrons. The van der Waals surface area contributed by atoms with E-state index in [9.17, 15) is 9.90 Å². The molecule has 3 fully saturated rings. The molecular formula is C15H26N2O3. The molecule has 0 aromatic carbocycles. The molecule has 0 amide bonds. The highest BCUT2D eigenvalue weighted by Crippen LogP contribution is 2.41. The summed E-state index contributed by atoms with van der Waals surface area (Å²) >= 11 is 0. The Morgan fingerprint density at radius 1 is 1.30 bits per heavy atom. The van der Waals surface area contributed by atoms with E-state index < -0.39 is 11.5 Å². The highest BCUT2D eigenvalue weighted by atomic mass is 16.5. The minimum absolute atomic E-state index is 0.185. The number of hydrogen-bond donors (Lipinski definition) is 2. The van der Waals surface area contributed by atoms with Crippen LogP contribution in [0.5, 0.6) is 0 Å². The van der Waals surface area contributed by atoms with E-state index in [0.29, 0.717) is 18.8 Å². The summed E-state index contributed by atoms with van der Waals surface area (Å²) in [4.78, 5) is 14.3. The van der Waals surface area contributed by atoms with E-state index in [1.807, 2.05) is 13.8 Å². The second-order valence-electron chi connectivity index (χ2n) is 7.00. The van der Waals surface area contributed by atoms with Crippen LogP contribution < -0.4 is 5.32 Å². The number of carboxylic acid groups (broad SMARTS) is 1. The molecule has 5 nitrogen and oxygen atoms in total. The van der Waals surface area contributed by atoms with Crippen LogP contribution in [0, 0.1) is 5.92 Å². The maximum absolute atomic E-state index is 12.0. The number of rotatable bonds is 6. The third-order valence-corrected chi connectivity index (χ3v) is 4.79. The van der Waals surface area contributed by atoms with Crippen molar-refractivity contribution in [2.45, 2.75) is 63.3 Å². The zero-order valence-electron chi connectivity index (χ0n) is 12.5. The number of nitrogens with zero attached hydrogens (tertiary/aromatic N) is 1. The van der Waals surface area contributed by atoms with Crippen LogP contribution in [0.1, 0.15) is 39.5 Å². The van der Waals surface area contributed by atoms with Gasteiger partial charge in [0.25, 0.3) is 0 Å². The lowest BCUT2D eigenvalue weighted by molar-refractivity contribution is -0.148. The van der Waals surface area contributed by atoms with Gasteiger partial charge in [-0.05, 0) is 45.4 Å². The number of fused-ring (bicyclic) bond motifs is 2. The average molecular weight is 282 g/mol. The number of nitrogens with one attached hydrogen (secondary N) is 1. The topological polar surface area (TPSA) is 61.8 Å². The normalized spacial score (nSPS) is 33.4. The van der Waals surface area contributed by atoms with Gasteiger partial charge in [0.15, 0.2) is 0 Å². The van der Waals surface area contributed by atoms with E-state index in [-0.39, 0.29) is 12.0 Å². The van der Waals surface area contributed by atoms with Crippen LogP contribution in [0.2, 0.25) is 0 Å². The first-order chi connectivity index (χ1) is 9.49. The number of likely N-dealkylation sites (tertiary alicyclic amines) is 1. The van der Waals surface area contributed by atoms with Crippen LogP contribution in [0.3, 0.4) is 0 Å². The van der Waals surface area contributed by atoms with Crippen molar-refractivity contribution >= 4 is 5.97 Å². The molecule has 20 heavy (non-hydrogen) atoms. The zero-order valence-corrected chi connectivity index (χ0v) is 12.5. The van der Waals surface area contributed by atoms with Gasteiger partial charge >= 0.3 is 5.97 Å². The molecule has 0 spiro atoms. The summed E-state index contributed by atoms with van der Waals surface area (Å²) in [5, 5.41) is 13.2. The van der Waals surface area contributed by atoms with Crippen LogP contribution in [0.4, 0.5) is 0 Å². The fourth-order valence-corrected chi connectivity index (χ4v) is 3.87. The van der Waals surface area contributed by atoms with Crippen molar-refractivity contribution in [3.05, 3.63) is 0 Å². The molecule has 2 heterocycles. The summed E-state index contributed by atoms with van der Waals surface area (Å²) in [7, 11) is 0. The van der Waals surface area contributed by atoms with Crippen molar-refractivity contribution in [2.75, 3.05) is 19.6 Å². The van der Waals surface area contributed by atoms with E-state index in [1.54, 1.807) is 0 Å². The molecule has 0 aromatic heterocycles. The molecule has 3 atom stereocenters. The second kappa shape index (κ2) is 5.28. The predicted octanol–water partition coefficient (Wildman–Crippen LogP) is 1.08. The minimum Gasteiger partial charge on any atom is -0.480 e. The van der Waals surface area contributed by atoms with E-state index >= 15 is 0 Å². The van der Waals surface area contributed by atoms with Gasteiger partial charge in [-0.2, -0.15) is 0 Å². The van der Waals surface area contributed by atoms with E-state index in [2.05, 4.69) is 10.2 Å². The van der Waals surface area contributed by atoms with Crippen LogP contribution in [0.25, 0.3) is 0 Å². The molecule has 3 rings (SSSR count). The fraction of sp³-hybridized carbons (Fsp3) is 0.933. The van der Waals surface area contributed by atoms with E-state index in [1.165, 1.54) is 0 Å². The number of carbonyl (C=O) groups is 1. The number of carboxylic acids is 1. The molecule has 1 aliphatic carbocycles. The quantitative estimate of drug-likeness (QED) is 0.763. The number of aliphatic carboxylic acids is 1. The Balaban J connectivity index is 1.73. The molecule has 2 bridgehead atoms. The zero-order chi connectivity index (χ0) is 14.3. The van der Waals surface area contributed by atoms with E-state index in [0.717, 1.165) is 38.8 Å². The fourth-order valence-electron chi connectivity index (χ4n) is 3.87. The maximum Gasteiger partial charge on any atom is 0.325 e. The lowest BCUT2D eigenvalue weighted by Crippen LogP contribution is -2.64. The number of ether oxygens (including phenoxy) is 1. The van der Waals surface area contributed by atoms with Crippen molar-refractivity contribution in [1.82, 2.24) is 10.2 Å². The molecule has 0 radical (unpaired) electrons. The molecule has 2 N–H and O–H groups in total. The van der Waals surface area contributed by atoms with Gasteiger partial charge in [0.05, 0.1) is 12.2 Å². The molecule has 2 aliphatic heterocycles. The summed E-state index contributed by atoms with van der Waals surface area (Å²) in [5.74, 6) is -0.407. The Bertz CT molecular complexity index is 371. The third-order valence-electron chi connectivity index (χ3n) is 4.79. The predicted molar refractivity (Wildman–Crippen MR) is 75.7 cm³/mol. The monoisotopic (exact) mass is 282 g/mol. The number of morpholine rings is 1. The lowest BCUT2D eigenvalue weighted by Gasteiger charge is -2.40. The highest BCUT2D eigenvalue weighted by Gasteiger charge is 2.53. The molecule has 3 aliphatic rings. The first-order valence-electron chi connectivity index (χ1n) is 7.88. The van der Waals surface area contributed by atoms with Gasteiger partial charge in [-0.25, -0.2) is 0 Å². The maximum atomic E-state index is 12.0. The smallest absolute Gasteiger partial charge is 0.325 e. The van der Waals surface area contributed by atoms with Gasteiger partial charge in [0.1, 0.15) is 5.54 Å². The summed E-state index contributed by atoms with van der Waals surface area (Å²) < 4.78 is 5.85. The highest BCUT2D eigenvalue weighted by molar-refractivity contribution is 5.80. The second-order valence-corrected chi connectivity index (χ2v) is 7.00. The molecule has 2 saturated heterocycles. The Labute approximate surface area is 120 Å². The Hall–Kier alpha value is -0.650. The standard InChI is InChI=1S/C15H26N2O3/c1-10(2)16-15(14(18)19,11-3-4-11)9-17-7-12-5-6-13(8-17)20-12/h10-13,16H,3-9H2,1-2H3,(H,18,19). The summed E-state index contributed by atoms with van der Waals surface area (Å²) in [6.45, 7) is 6.45. The molecule has 3 unspecified atom stereocenters. The molecular weight excluding hydrogens is 256 g/mol. The van der Waals surface area contributed by atoms with Gasteiger partial charge in [0.2, 0.25) is 0 Å².